The Morgan fingerprint density at radius 3 is 2.42 bits per heavy atom. The van der Waals surface area contributed by atoms with Crippen molar-refractivity contribution in [2.45, 2.75) is 39.3 Å². The molecule has 3 N–H and O–H groups in total. The van der Waals surface area contributed by atoms with E-state index in [0.717, 1.165) is 6.42 Å². The third-order valence-electron chi connectivity index (χ3n) is 3.37. The Morgan fingerprint density at radius 2 is 1.96 bits per heavy atom. The van der Waals surface area contributed by atoms with E-state index in [2.05, 4.69) is 10.1 Å². The molecule has 24 heavy (non-hydrogen) atoms. The van der Waals surface area contributed by atoms with Gasteiger partial charge in [-0.15, -0.1) is 12.4 Å². The quantitative estimate of drug-likeness (QED) is 0.741. The van der Waals surface area contributed by atoms with Gasteiger partial charge in [-0.05, 0) is 37.5 Å². The zero-order valence-electron chi connectivity index (χ0n) is 14.3. The van der Waals surface area contributed by atoms with Crippen molar-refractivity contribution in [3.8, 4) is 11.5 Å². The molecular weight excluding hydrogens is 342 g/mol. The molecule has 0 aliphatic heterocycles. The van der Waals surface area contributed by atoms with E-state index in [1.807, 2.05) is 20.8 Å². The van der Waals surface area contributed by atoms with Gasteiger partial charge in [0.1, 0.15) is 0 Å². The number of ether oxygens (including phenoxy) is 2. The highest BCUT2D eigenvalue weighted by atomic mass is 35.5. The van der Waals surface area contributed by atoms with E-state index < -0.39 is 12.2 Å². The van der Waals surface area contributed by atoms with Crippen LogP contribution in [0.3, 0.4) is 0 Å². The van der Waals surface area contributed by atoms with Crippen LogP contribution < -0.4 is 20.5 Å². The maximum atomic E-state index is 12.4. The number of carbonyl (C=O) groups is 1. The summed E-state index contributed by atoms with van der Waals surface area (Å²) in [6, 6.07) is 4.05. The first kappa shape index (κ1) is 22.4. The highest BCUT2D eigenvalue weighted by molar-refractivity contribution is 5.95. The summed E-state index contributed by atoms with van der Waals surface area (Å²) in [6.07, 6.45) is 0.721. The summed E-state index contributed by atoms with van der Waals surface area (Å²) >= 11 is 0. The zero-order chi connectivity index (χ0) is 17.6. The average molecular weight is 367 g/mol. The fraction of sp³-hybridized carbons (Fsp3) is 0.562. The summed E-state index contributed by atoms with van der Waals surface area (Å²) in [5.74, 6) is -0.0419. The number of benzene rings is 1. The summed E-state index contributed by atoms with van der Waals surface area (Å²) in [5.41, 5.74) is 5.51. The highest BCUT2D eigenvalue weighted by Crippen LogP contribution is 2.29. The van der Waals surface area contributed by atoms with E-state index in [4.69, 9.17) is 10.5 Å². The molecule has 0 saturated heterocycles. The van der Waals surface area contributed by atoms with E-state index in [0.29, 0.717) is 12.5 Å². The minimum Gasteiger partial charge on any atom is -0.493 e. The van der Waals surface area contributed by atoms with Gasteiger partial charge in [0.25, 0.3) is 5.91 Å². The van der Waals surface area contributed by atoms with Crippen LogP contribution in [-0.2, 0) is 0 Å². The molecule has 1 aromatic carbocycles. The molecule has 1 aromatic rings. The number of amides is 1. The number of hydrogen-bond acceptors (Lipinski definition) is 4. The molecule has 0 radical (unpaired) electrons. The molecule has 0 saturated carbocycles. The van der Waals surface area contributed by atoms with E-state index in [-0.39, 0.29) is 35.4 Å². The van der Waals surface area contributed by atoms with Gasteiger partial charge in [-0.2, -0.15) is 8.78 Å². The molecule has 5 nitrogen and oxygen atoms in total. The van der Waals surface area contributed by atoms with E-state index >= 15 is 0 Å². The number of nitrogens with one attached hydrogen (secondary N) is 1. The molecule has 1 atom stereocenters. The van der Waals surface area contributed by atoms with Gasteiger partial charge in [-0.25, -0.2) is 0 Å². The van der Waals surface area contributed by atoms with Crippen LogP contribution >= 0.6 is 12.4 Å². The van der Waals surface area contributed by atoms with Crippen LogP contribution in [0.5, 0.6) is 11.5 Å². The maximum absolute atomic E-state index is 12.4. The minimum absolute atomic E-state index is 0. The highest BCUT2D eigenvalue weighted by Gasteiger charge is 2.26. The molecule has 0 aromatic heterocycles. The van der Waals surface area contributed by atoms with Gasteiger partial charge < -0.3 is 20.5 Å². The smallest absolute Gasteiger partial charge is 0.387 e. The van der Waals surface area contributed by atoms with Crippen molar-refractivity contribution in [2.75, 3.05) is 13.7 Å². The fourth-order valence-corrected chi connectivity index (χ4v) is 2.43. The van der Waals surface area contributed by atoms with Gasteiger partial charge in [0, 0.05) is 17.6 Å². The largest absolute Gasteiger partial charge is 0.493 e. The zero-order valence-corrected chi connectivity index (χ0v) is 15.1. The number of rotatable bonds is 8. The molecule has 0 heterocycles. The van der Waals surface area contributed by atoms with Crippen molar-refractivity contribution in [1.29, 1.82) is 0 Å². The van der Waals surface area contributed by atoms with Gasteiger partial charge in [0.2, 0.25) is 0 Å². The Morgan fingerprint density at radius 1 is 1.33 bits per heavy atom. The van der Waals surface area contributed by atoms with Gasteiger partial charge in [-0.1, -0.05) is 13.8 Å². The lowest BCUT2D eigenvalue weighted by Crippen LogP contribution is -2.52. The standard InChI is InChI=1S/C16H24F2N2O3.ClH/c1-10(2)8-16(3,9-19)20-14(21)11-5-6-12(23-15(17)18)13(7-11)22-4;/h5-7,10,15H,8-9,19H2,1-4H3,(H,20,21);1H. The predicted octanol–water partition coefficient (Wildman–Crippen LogP) is 3.21. The number of carbonyl (C=O) groups excluding carboxylic acids is 1. The second-order valence-corrected chi connectivity index (χ2v) is 6.06. The van der Waals surface area contributed by atoms with Crippen molar-refractivity contribution < 1.29 is 23.0 Å². The molecule has 8 heteroatoms. The van der Waals surface area contributed by atoms with Crippen LogP contribution in [0.15, 0.2) is 18.2 Å². The molecule has 0 spiro atoms. The van der Waals surface area contributed by atoms with Crippen LogP contribution in [0.25, 0.3) is 0 Å². The van der Waals surface area contributed by atoms with Crippen LogP contribution in [0, 0.1) is 5.92 Å². The molecular formula is C16H25ClF2N2O3. The second-order valence-electron chi connectivity index (χ2n) is 6.06. The molecule has 1 amide bonds. The Bertz CT molecular complexity index is 544. The van der Waals surface area contributed by atoms with Gasteiger partial charge in [-0.3, -0.25) is 4.79 Å². The molecule has 1 unspecified atom stereocenters. The minimum atomic E-state index is -2.96. The monoisotopic (exact) mass is 366 g/mol. The third kappa shape index (κ3) is 6.49. The van der Waals surface area contributed by atoms with Crippen LogP contribution in [-0.4, -0.2) is 31.7 Å². The van der Waals surface area contributed by atoms with E-state index in [1.54, 1.807) is 0 Å². The third-order valence-corrected chi connectivity index (χ3v) is 3.37. The lowest BCUT2D eigenvalue weighted by Gasteiger charge is -2.31. The molecule has 1 rings (SSSR count). The number of methoxy groups -OCH3 is 1. The normalized spacial score (nSPS) is 13.2. The van der Waals surface area contributed by atoms with E-state index in [1.165, 1.54) is 25.3 Å². The lowest BCUT2D eigenvalue weighted by molar-refractivity contribution is -0.0512. The van der Waals surface area contributed by atoms with Crippen molar-refractivity contribution in [3.05, 3.63) is 23.8 Å². The van der Waals surface area contributed by atoms with Gasteiger partial charge >= 0.3 is 6.61 Å². The first-order valence-electron chi connectivity index (χ1n) is 7.36. The van der Waals surface area contributed by atoms with Crippen LogP contribution in [0.2, 0.25) is 0 Å². The Kier molecular flexibility index (Phi) is 8.99. The summed E-state index contributed by atoms with van der Waals surface area (Å²) in [5, 5.41) is 2.89. The molecule has 0 fully saturated rings. The summed E-state index contributed by atoms with van der Waals surface area (Å²) in [6.45, 7) is 3.28. The Balaban J connectivity index is 0.00000529. The number of halogens is 3. The topological polar surface area (TPSA) is 73.6 Å². The molecule has 0 aliphatic rings. The van der Waals surface area contributed by atoms with Crippen LogP contribution in [0.1, 0.15) is 37.6 Å². The molecule has 138 valence electrons. The SMILES string of the molecule is COc1cc(C(=O)NC(C)(CN)CC(C)C)ccc1OC(F)F.Cl. The summed E-state index contributed by atoms with van der Waals surface area (Å²) in [7, 11) is 1.32. The second kappa shape index (κ2) is 9.64. The first-order chi connectivity index (χ1) is 10.7. The molecule has 0 aliphatic carbocycles. The van der Waals surface area contributed by atoms with Gasteiger partial charge in [0.15, 0.2) is 11.5 Å². The number of nitrogens with two attached hydrogens (primary N) is 1. The summed E-state index contributed by atoms with van der Waals surface area (Å²) in [4.78, 5) is 12.4. The fourth-order valence-electron chi connectivity index (χ4n) is 2.43. The summed E-state index contributed by atoms with van der Waals surface area (Å²) < 4.78 is 34.0. The van der Waals surface area contributed by atoms with Crippen molar-refractivity contribution >= 4 is 18.3 Å². The molecule has 0 bridgehead atoms. The Labute approximate surface area is 147 Å². The number of alkyl halides is 2. The van der Waals surface area contributed by atoms with Crippen LogP contribution in [0.4, 0.5) is 8.78 Å². The predicted molar refractivity (Wildman–Crippen MR) is 91.3 cm³/mol. The van der Waals surface area contributed by atoms with Crippen molar-refractivity contribution in [2.24, 2.45) is 11.7 Å². The number of hydrogen-bond donors (Lipinski definition) is 2. The van der Waals surface area contributed by atoms with E-state index in [9.17, 15) is 13.6 Å². The first-order valence-corrected chi connectivity index (χ1v) is 7.36. The van der Waals surface area contributed by atoms with Gasteiger partial charge in [0.05, 0.1) is 7.11 Å². The maximum Gasteiger partial charge on any atom is 0.387 e. The van der Waals surface area contributed by atoms with Crippen molar-refractivity contribution in [1.82, 2.24) is 5.32 Å². The Hall–Kier alpha value is -1.60. The van der Waals surface area contributed by atoms with Crippen molar-refractivity contribution in [3.63, 3.8) is 0 Å². The lowest BCUT2D eigenvalue weighted by atomic mass is 9.90. The average Bonchev–Trinajstić information content (AvgIpc) is 2.46.